The molecule has 4 rings (SSSR count). The molecule has 3 aliphatic carbocycles. The average molecular weight is 384 g/mol. The van der Waals surface area contributed by atoms with E-state index in [1.165, 1.54) is 11.1 Å². The monoisotopic (exact) mass is 384 g/mol. The molecule has 1 aromatic carbocycles. The minimum absolute atomic E-state index is 0.0730. The lowest BCUT2D eigenvalue weighted by Gasteiger charge is -2.50. The first-order valence-electron chi connectivity index (χ1n) is 9.00. The van der Waals surface area contributed by atoms with Crippen molar-refractivity contribution in [1.82, 2.24) is 0 Å². The van der Waals surface area contributed by atoms with Gasteiger partial charge in [-0.2, -0.15) is 0 Å². The van der Waals surface area contributed by atoms with E-state index in [1.54, 1.807) is 6.07 Å². The second-order valence-electron chi connectivity index (χ2n) is 8.06. The molecule has 0 aliphatic heterocycles. The molecule has 2 saturated carbocycles. The molecule has 2 fully saturated rings. The first-order chi connectivity index (χ1) is 11.8. The summed E-state index contributed by atoms with van der Waals surface area (Å²) in [6.45, 7) is -1.78. The van der Waals surface area contributed by atoms with Crippen molar-refractivity contribution in [3.63, 3.8) is 0 Å². The second kappa shape index (κ2) is 6.28. The number of fused-ring (bicyclic) bond motifs is 5. The molecule has 3 aliphatic rings. The lowest BCUT2D eigenvalue weighted by Crippen LogP contribution is -2.43. The maximum atomic E-state index is 11.6. The fraction of sp³-hybridized carbons (Fsp3) is 0.667. The molecule has 0 spiro atoms. The van der Waals surface area contributed by atoms with Crippen LogP contribution in [0.4, 0.5) is 0 Å². The molecule has 5 nitrogen and oxygen atoms in total. The Morgan fingerprint density at radius 1 is 1.28 bits per heavy atom. The van der Waals surface area contributed by atoms with Crippen molar-refractivity contribution in [2.45, 2.75) is 57.5 Å². The van der Waals surface area contributed by atoms with Gasteiger partial charge < -0.3 is 19.1 Å². The Bertz CT molecular complexity index is 725. The summed E-state index contributed by atoms with van der Waals surface area (Å²) in [4.78, 5) is 9.45. The van der Waals surface area contributed by atoms with Crippen LogP contribution in [-0.4, -0.2) is 20.7 Å². The van der Waals surface area contributed by atoms with Gasteiger partial charge in [-0.25, -0.2) is 4.57 Å². The maximum Gasteiger partial charge on any atom is 0.464 e. The van der Waals surface area contributed by atoms with Gasteiger partial charge >= 0.3 is 6.80 Å². The fourth-order valence-electron chi connectivity index (χ4n) is 5.74. The molecular formula is C18H25O5PS. The molecule has 0 radical (unpaired) electrons. The van der Waals surface area contributed by atoms with Gasteiger partial charge in [0.05, 0.1) is 6.10 Å². The van der Waals surface area contributed by atoms with Crippen molar-refractivity contribution in [2.24, 2.45) is 17.3 Å². The first kappa shape index (κ1) is 17.9. The van der Waals surface area contributed by atoms with Crippen molar-refractivity contribution in [2.75, 3.05) is 0 Å². The van der Waals surface area contributed by atoms with Crippen LogP contribution in [-0.2, 0) is 11.0 Å². The average Bonchev–Trinajstić information content (AvgIpc) is 2.89. The van der Waals surface area contributed by atoms with Crippen molar-refractivity contribution < 1.29 is 23.6 Å². The van der Waals surface area contributed by atoms with Gasteiger partial charge in [0.15, 0.2) is 0 Å². The van der Waals surface area contributed by atoms with E-state index in [0.717, 1.165) is 38.5 Å². The summed E-state index contributed by atoms with van der Waals surface area (Å²) in [5, 5.41) is 10.4. The van der Waals surface area contributed by atoms with Gasteiger partial charge in [-0.05, 0) is 85.0 Å². The first-order valence-corrected chi connectivity index (χ1v) is 12.0. The Hall–Kier alpha value is -0.520. The van der Waals surface area contributed by atoms with Crippen molar-refractivity contribution in [3.8, 4) is 5.75 Å². The third-order valence-corrected chi connectivity index (χ3v) is 8.46. The summed E-state index contributed by atoms with van der Waals surface area (Å²) in [6.07, 6.45) is 6.06. The highest BCUT2D eigenvalue weighted by Crippen LogP contribution is 2.61. The molecule has 25 heavy (non-hydrogen) atoms. The lowest BCUT2D eigenvalue weighted by atomic mass is 9.55. The summed E-state index contributed by atoms with van der Waals surface area (Å²) in [5.41, 5.74) is 2.59. The molecular weight excluding hydrogens is 359 g/mol. The minimum atomic E-state index is -4.05. The number of hydrogen-bond donors (Lipinski definition) is 3. The number of aliphatic hydroxyl groups is 1. The summed E-state index contributed by atoms with van der Waals surface area (Å²) >= 11 is -0.147. The molecule has 0 heterocycles. The van der Waals surface area contributed by atoms with E-state index in [9.17, 15) is 14.6 Å². The van der Waals surface area contributed by atoms with Gasteiger partial charge in [0.2, 0.25) is 0 Å². The highest BCUT2D eigenvalue weighted by atomic mass is 32.7. The van der Waals surface area contributed by atoms with Crippen molar-refractivity contribution in [3.05, 3.63) is 29.3 Å². The summed E-state index contributed by atoms with van der Waals surface area (Å²) in [7, 11) is 0. The molecule has 6 atom stereocenters. The Kier molecular flexibility index (Phi) is 4.49. The van der Waals surface area contributed by atoms with Gasteiger partial charge in [0, 0.05) is 0 Å². The fourth-order valence-corrected chi connectivity index (χ4v) is 6.51. The van der Waals surface area contributed by atoms with Gasteiger partial charge in [0.25, 0.3) is 0 Å². The van der Waals surface area contributed by atoms with E-state index in [-0.39, 0.29) is 23.2 Å². The zero-order valence-corrected chi connectivity index (χ0v) is 16.0. The maximum absolute atomic E-state index is 11.6. The van der Waals surface area contributed by atoms with Crippen LogP contribution in [0.5, 0.6) is 5.75 Å². The van der Waals surface area contributed by atoms with E-state index in [4.69, 9.17) is 9.08 Å². The third-order valence-electron chi connectivity index (χ3n) is 6.97. The standard InChI is InChI=1S/C18H25O5PS/c1-18-9-8-14-13-5-3-12(23-24(20,21)25-22)10-11(13)2-4-15(14)16(18)6-7-17(18)19/h3,5,10,14-17,19,22H,2,4,6-9H2,1H3,(H,20,21). The number of aryl methyl sites for hydroxylation is 1. The predicted octanol–water partition coefficient (Wildman–Crippen LogP) is 4.59. The summed E-state index contributed by atoms with van der Waals surface area (Å²) in [6, 6.07) is 5.61. The van der Waals surface area contributed by atoms with Crippen LogP contribution in [0.2, 0.25) is 0 Å². The van der Waals surface area contributed by atoms with E-state index in [0.29, 0.717) is 23.5 Å². The molecule has 3 N–H and O–H groups in total. The van der Waals surface area contributed by atoms with Crippen molar-refractivity contribution in [1.29, 1.82) is 0 Å². The van der Waals surface area contributed by atoms with Crippen LogP contribution in [0.15, 0.2) is 18.2 Å². The van der Waals surface area contributed by atoms with Gasteiger partial charge in [-0.15, -0.1) is 0 Å². The quantitative estimate of drug-likeness (QED) is 0.522. The van der Waals surface area contributed by atoms with E-state index < -0.39 is 6.80 Å². The van der Waals surface area contributed by atoms with E-state index in [1.807, 2.05) is 12.1 Å². The minimum Gasteiger partial charge on any atom is -0.416 e. The molecule has 1 aromatic rings. The van der Waals surface area contributed by atoms with Gasteiger partial charge in [0.1, 0.15) is 17.4 Å². The van der Waals surface area contributed by atoms with Crippen LogP contribution in [0.3, 0.4) is 0 Å². The van der Waals surface area contributed by atoms with Crippen LogP contribution in [0, 0.1) is 17.3 Å². The smallest absolute Gasteiger partial charge is 0.416 e. The number of rotatable bonds is 3. The molecule has 0 saturated heterocycles. The highest BCUT2D eigenvalue weighted by molar-refractivity contribution is 8.52. The topological polar surface area (TPSA) is 87.0 Å². The Labute approximate surface area is 152 Å². The zero-order chi connectivity index (χ0) is 17.8. The Morgan fingerprint density at radius 2 is 2.08 bits per heavy atom. The van der Waals surface area contributed by atoms with E-state index in [2.05, 4.69) is 6.92 Å². The Morgan fingerprint density at radius 3 is 2.84 bits per heavy atom. The molecule has 6 unspecified atom stereocenters. The number of aliphatic hydroxyl groups excluding tert-OH is 1. The van der Waals surface area contributed by atoms with Crippen LogP contribution < -0.4 is 4.52 Å². The van der Waals surface area contributed by atoms with Crippen LogP contribution in [0.25, 0.3) is 0 Å². The van der Waals surface area contributed by atoms with Crippen LogP contribution in [0.1, 0.15) is 56.1 Å². The lowest BCUT2D eigenvalue weighted by molar-refractivity contribution is -0.0226. The zero-order valence-electron chi connectivity index (χ0n) is 14.3. The van der Waals surface area contributed by atoms with Crippen molar-refractivity contribution >= 4 is 18.5 Å². The molecule has 0 bridgehead atoms. The second-order valence-corrected chi connectivity index (χ2v) is 11.2. The normalized spacial score (nSPS) is 39.0. The third kappa shape index (κ3) is 2.96. The molecule has 0 amide bonds. The molecule has 138 valence electrons. The van der Waals surface area contributed by atoms with Gasteiger partial charge in [-0.3, -0.25) is 0 Å². The molecule has 0 aromatic heterocycles. The largest absolute Gasteiger partial charge is 0.464 e. The van der Waals surface area contributed by atoms with Gasteiger partial charge in [-0.1, -0.05) is 13.0 Å². The Balaban J connectivity index is 1.60. The van der Waals surface area contributed by atoms with Crippen LogP contribution >= 0.6 is 18.5 Å². The van der Waals surface area contributed by atoms with E-state index >= 15 is 0 Å². The number of benzene rings is 1. The number of hydrogen-bond acceptors (Lipinski definition) is 5. The highest BCUT2D eigenvalue weighted by Gasteiger charge is 2.54. The predicted molar refractivity (Wildman–Crippen MR) is 97.7 cm³/mol. The summed E-state index contributed by atoms with van der Waals surface area (Å²) < 4.78 is 25.4. The SMILES string of the molecule is CC12CCC3c4ccc(OP(=O)(O)SO)cc4CCC3C1CCC2O. The molecule has 7 heteroatoms. The summed E-state index contributed by atoms with van der Waals surface area (Å²) in [5.74, 6) is 2.05.